The molecule has 1 fully saturated rings. The molecule has 2 aromatic rings. The normalized spacial score (nSPS) is 15.0. The Morgan fingerprint density at radius 1 is 1.17 bits per heavy atom. The Balaban J connectivity index is 1.55. The van der Waals surface area contributed by atoms with Crippen LogP contribution >= 0.6 is 0 Å². The van der Waals surface area contributed by atoms with Crippen molar-refractivity contribution in [2.24, 2.45) is 0 Å². The SMILES string of the molecule is O=C(O)c1ccc(N2CCN(C(=O)/C=C/c3ccco3)CC2)cn1. The molecular weight excluding hydrogens is 310 g/mol. The molecule has 7 heteroatoms. The van der Waals surface area contributed by atoms with Crippen LogP contribution in [0.5, 0.6) is 0 Å². The number of carbonyl (C=O) groups excluding carboxylic acids is 1. The minimum Gasteiger partial charge on any atom is -0.477 e. The van der Waals surface area contributed by atoms with E-state index in [0.717, 1.165) is 5.69 Å². The smallest absolute Gasteiger partial charge is 0.354 e. The van der Waals surface area contributed by atoms with E-state index >= 15 is 0 Å². The Bertz CT molecular complexity index is 730. The number of hydrogen-bond donors (Lipinski definition) is 1. The Morgan fingerprint density at radius 2 is 1.96 bits per heavy atom. The summed E-state index contributed by atoms with van der Waals surface area (Å²) in [6.07, 6.45) is 6.28. The molecule has 3 heterocycles. The number of aromatic carboxylic acids is 1. The maximum atomic E-state index is 12.2. The van der Waals surface area contributed by atoms with Crippen molar-refractivity contribution in [3.63, 3.8) is 0 Å². The predicted molar refractivity (Wildman–Crippen MR) is 87.7 cm³/mol. The van der Waals surface area contributed by atoms with Crippen molar-refractivity contribution >= 4 is 23.6 Å². The molecule has 0 spiro atoms. The van der Waals surface area contributed by atoms with Crippen LogP contribution in [0.15, 0.2) is 47.2 Å². The van der Waals surface area contributed by atoms with Gasteiger partial charge in [-0.3, -0.25) is 4.79 Å². The van der Waals surface area contributed by atoms with E-state index in [1.165, 1.54) is 12.1 Å². The summed E-state index contributed by atoms with van der Waals surface area (Å²) < 4.78 is 5.16. The highest BCUT2D eigenvalue weighted by atomic mass is 16.4. The molecule has 0 unspecified atom stereocenters. The molecule has 24 heavy (non-hydrogen) atoms. The summed E-state index contributed by atoms with van der Waals surface area (Å²) in [5.41, 5.74) is 0.883. The van der Waals surface area contributed by atoms with Crippen LogP contribution in [0.1, 0.15) is 16.2 Å². The van der Waals surface area contributed by atoms with Crippen molar-refractivity contribution in [3.05, 3.63) is 54.3 Å². The summed E-state index contributed by atoms with van der Waals surface area (Å²) in [5, 5.41) is 8.87. The molecule has 0 atom stereocenters. The van der Waals surface area contributed by atoms with Crippen molar-refractivity contribution in [1.82, 2.24) is 9.88 Å². The van der Waals surface area contributed by atoms with Gasteiger partial charge in [0.2, 0.25) is 5.91 Å². The summed E-state index contributed by atoms with van der Waals surface area (Å²) in [5.74, 6) is -0.447. The van der Waals surface area contributed by atoms with Crippen LogP contribution in [0.3, 0.4) is 0 Å². The number of amides is 1. The van der Waals surface area contributed by atoms with Crippen LogP contribution in [0, 0.1) is 0 Å². The van der Waals surface area contributed by atoms with Crippen LogP contribution < -0.4 is 4.90 Å². The zero-order chi connectivity index (χ0) is 16.9. The van der Waals surface area contributed by atoms with Gasteiger partial charge in [0.15, 0.2) is 0 Å². The lowest BCUT2D eigenvalue weighted by atomic mass is 10.2. The second-order valence-corrected chi connectivity index (χ2v) is 5.37. The number of furan rings is 1. The molecular formula is C17H17N3O4. The fraction of sp³-hybridized carbons (Fsp3) is 0.235. The third kappa shape index (κ3) is 3.62. The highest BCUT2D eigenvalue weighted by Crippen LogP contribution is 2.16. The van der Waals surface area contributed by atoms with E-state index in [-0.39, 0.29) is 11.6 Å². The van der Waals surface area contributed by atoms with E-state index < -0.39 is 5.97 Å². The zero-order valence-electron chi connectivity index (χ0n) is 13.0. The first kappa shape index (κ1) is 15.8. The summed E-state index contributed by atoms with van der Waals surface area (Å²) in [7, 11) is 0. The first-order valence-corrected chi connectivity index (χ1v) is 7.58. The van der Waals surface area contributed by atoms with Crippen LogP contribution in [-0.4, -0.2) is 53.0 Å². The van der Waals surface area contributed by atoms with Gasteiger partial charge in [0.1, 0.15) is 11.5 Å². The molecule has 7 nitrogen and oxygen atoms in total. The molecule has 1 amide bonds. The molecule has 0 bridgehead atoms. The van der Waals surface area contributed by atoms with Crippen LogP contribution in [0.2, 0.25) is 0 Å². The third-order valence-corrected chi connectivity index (χ3v) is 3.86. The monoisotopic (exact) mass is 327 g/mol. The molecule has 124 valence electrons. The van der Waals surface area contributed by atoms with Gasteiger partial charge in [0.05, 0.1) is 18.1 Å². The first-order chi connectivity index (χ1) is 11.6. The van der Waals surface area contributed by atoms with Crippen LogP contribution in [0.4, 0.5) is 5.69 Å². The number of anilines is 1. The van der Waals surface area contributed by atoms with Crippen molar-refractivity contribution < 1.29 is 19.1 Å². The lowest BCUT2D eigenvalue weighted by Gasteiger charge is -2.35. The van der Waals surface area contributed by atoms with Crippen molar-refractivity contribution in [3.8, 4) is 0 Å². The van der Waals surface area contributed by atoms with E-state index in [0.29, 0.717) is 31.9 Å². The average Bonchev–Trinajstić information content (AvgIpc) is 3.13. The Morgan fingerprint density at radius 3 is 2.54 bits per heavy atom. The fourth-order valence-electron chi connectivity index (χ4n) is 2.53. The molecule has 1 aliphatic heterocycles. The summed E-state index contributed by atoms with van der Waals surface area (Å²) in [6.45, 7) is 2.55. The van der Waals surface area contributed by atoms with Gasteiger partial charge in [-0.1, -0.05) is 0 Å². The zero-order valence-corrected chi connectivity index (χ0v) is 13.0. The maximum absolute atomic E-state index is 12.2. The van der Waals surface area contributed by atoms with E-state index in [2.05, 4.69) is 9.88 Å². The van der Waals surface area contributed by atoms with E-state index in [1.807, 2.05) is 0 Å². The number of carboxylic acid groups (broad SMARTS) is 1. The number of hydrogen-bond acceptors (Lipinski definition) is 5. The van der Waals surface area contributed by atoms with Gasteiger partial charge < -0.3 is 19.3 Å². The summed E-state index contributed by atoms with van der Waals surface area (Å²) in [4.78, 5) is 30.8. The molecule has 0 aliphatic carbocycles. The van der Waals surface area contributed by atoms with E-state index in [9.17, 15) is 9.59 Å². The van der Waals surface area contributed by atoms with Gasteiger partial charge >= 0.3 is 5.97 Å². The van der Waals surface area contributed by atoms with Gasteiger partial charge in [-0.05, 0) is 30.3 Å². The summed E-state index contributed by atoms with van der Waals surface area (Å²) in [6, 6.07) is 6.79. The first-order valence-electron chi connectivity index (χ1n) is 7.58. The highest BCUT2D eigenvalue weighted by molar-refractivity contribution is 5.91. The van der Waals surface area contributed by atoms with Gasteiger partial charge in [-0.15, -0.1) is 0 Å². The van der Waals surface area contributed by atoms with Gasteiger partial charge in [0.25, 0.3) is 0 Å². The van der Waals surface area contributed by atoms with Crippen molar-refractivity contribution in [2.45, 2.75) is 0 Å². The second kappa shape index (κ2) is 6.99. The molecule has 0 aromatic carbocycles. The number of rotatable bonds is 4. The number of nitrogens with zero attached hydrogens (tertiary/aromatic N) is 3. The Hall–Kier alpha value is -3.09. The van der Waals surface area contributed by atoms with Crippen molar-refractivity contribution in [2.75, 3.05) is 31.1 Å². The minimum absolute atomic E-state index is 0.0237. The topological polar surface area (TPSA) is 86.9 Å². The molecule has 3 rings (SSSR count). The Labute approximate surface area is 138 Å². The van der Waals surface area contributed by atoms with Crippen LogP contribution in [0.25, 0.3) is 6.08 Å². The van der Waals surface area contributed by atoms with Gasteiger partial charge in [-0.2, -0.15) is 0 Å². The number of carbonyl (C=O) groups is 2. The largest absolute Gasteiger partial charge is 0.477 e. The Kier molecular flexibility index (Phi) is 4.60. The number of pyridine rings is 1. The average molecular weight is 327 g/mol. The van der Waals surface area contributed by atoms with Crippen molar-refractivity contribution in [1.29, 1.82) is 0 Å². The quantitative estimate of drug-likeness (QED) is 0.861. The van der Waals surface area contributed by atoms with Crippen LogP contribution in [-0.2, 0) is 4.79 Å². The van der Waals surface area contributed by atoms with E-state index in [4.69, 9.17) is 9.52 Å². The molecule has 0 saturated carbocycles. The maximum Gasteiger partial charge on any atom is 0.354 e. The third-order valence-electron chi connectivity index (χ3n) is 3.86. The molecule has 1 saturated heterocycles. The lowest BCUT2D eigenvalue weighted by Crippen LogP contribution is -2.48. The molecule has 1 aliphatic rings. The molecule has 0 radical (unpaired) electrons. The predicted octanol–water partition coefficient (Wildman–Crippen LogP) is 1.73. The number of carboxylic acids is 1. The number of piperazine rings is 1. The summed E-state index contributed by atoms with van der Waals surface area (Å²) >= 11 is 0. The molecule has 2 aromatic heterocycles. The highest BCUT2D eigenvalue weighted by Gasteiger charge is 2.20. The molecule has 1 N–H and O–H groups in total. The number of aromatic nitrogens is 1. The fourth-order valence-corrected chi connectivity index (χ4v) is 2.53. The second-order valence-electron chi connectivity index (χ2n) is 5.37. The standard InChI is InChI=1S/C17H17N3O4/c21-16(6-4-14-2-1-11-24-14)20-9-7-19(8-10-20)13-3-5-15(17(22)23)18-12-13/h1-6,11-12H,7-10H2,(H,22,23)/b6-4+. The minimum atomic E-state index is -1.04. The van der Waals surface area contributed by atoms with Gasteiger partial charge in [0, 0.05) is 32.3 Å². The van der Waals surface area contributed by atoms with Gasteiger partial charge in [-0.25, -0.2) is 9.78 Å². The van der Waals surface area contributed by atoms with E-state index in [1.54, 1.807) is 41.6 Å². The lowest BCUT2D eigenvalue weighted by molar-refractivity contribution is -0.126.